The van der Waals surface area contributed by atoms with E-state index in [2.05, 4.69) is 6.58 Å². The second kappa shape index (κ2) is 4.35. The molecule has 0 radical (unpaired) electrons. The molecule has 0 saturated carbocycles. The number of allylic oxidation sites excluding steroid dienone is 1. The van der Waals surface area contributed by atoms with E-state index in [9.17, 15) is 4.79 Å². The summed E-state index contributed by atoms with van der Waals surface area (Å²) in [6.45, 7) is 6.55. The zero-order chi connectivity index (χ0) is 11.5. The molecular weight excluding hydrogens is 198 g/mol. The normalized spacial score (nSPS) is 10.6. The van der Waals surface area contributed by atoms with Crippen LogP contribution in [0.2, 0.25) is 0 Å². The van der Waals surface area contributed by atoms with E-state index in [1.54, 1.807) is 6.07 Å². The number of hydrogen-bond acceptors (Lipinski definition) is 1. The van der Waals surface area contributed by atoms with Crippen LogP contribution in [0.25, 0.3) is 10.9 Å². The summed E-state index contributed by atoms with van der Waals surface area (Å²) < 4.78 is 1.81. The molecule has 2 aromatic rings. The van der Waals surface area contributed by atoms with Crippen molar-refractivity contribution in [2.45, 2.75) is 19.9 Å². The van der Waals surface area contributed by atoms with Gasteiger partial charge in [-0.3, -0.25) is 4.79 Å². The monoisotopic (exact) mass is 213 g/mol. The van der Waals surface area contributed by atoms with E-state index in [1.807, 2.05) is 41.8 Å². The van der Waals surface area contributed by atoms with E-state index < -0.39 is 0 Å². The first-order valence-electron chi connectivity index (χ1n) is 5.41. The van der Waals surface area contributed by atoms with Crippen LogP contribution in [0.1, 0.15) is 13.3 Å². The summed E-state index contributed by atoms with van der Waals surface area (Å²) in [6, 6.07) is 11.4. The zero-order valence-electron chi connectivity index (χ0n) is 9.44. The minimum absolute atomic E-state index is 0.0555. The smallest absolute Gasteiger partial charge is 0.251 e. The number of para-hydroxylation sites is 1. The van der Waals surface area contributed by atoms with E-state index in [1.165, 1.54) is 0 Å². The van der Waals surface area contributed by atoms with Gasteiger partial charge in [-0.2, -0.15) is 0 Å². The van der Waals surface area contributed by atoms with Crippen molar-refractivity contribution in [2.24, 2.45) is 0 Å². The lowest BCUT2D eigenvalue weighted by Gasteiger charge is -2.09. The van der Waals surface area contributed by atoms with Gasteiger partial charge in [0.2, 0.25) is 0 Å². The number of nitrogens with zero attached hydrogens (tertiary/aromatic N) is 1. The van der Waals surface area contributed by atoms with Crippen molar-refractivity contribution in [1.82, 2.24) is 4.57 Å². The Labute approximate surface area is 94.8 Å². The summed E-state index contributed by atoms with van der Waals surface area (Å²) >= 11 is 0. The minimum atomic E-state index is 0.0555. The molecule has 1 heterocycles. The average Bonchev–Trinajstić information content (AvgIpc) is 2.27. The van der Waals surface area contributed by atoms with E-state index in [4.69, 9.17) is 0 Å². The first-order chi connectivity index (χ1) is 7.68. The maximum absolute atomic E-state index is 11.8. The second-order valence-electron chi connectivity index (χ2n) is 4.09. The predicted octanol–water partition coefficient (Wildman–Crippen LogP) is 2.97. The highest BCUT2D eigenvalue weighted by Gasteiger charge is 2.01. The molecular formula is C14H15NO. The van der Waals surface area contributed by atoms with Gasteiger partial charge in [0.25, 0.3) is 5.56 Å². The van der Waals surface area contributed by atoms with Crippen LogP contribution in [0.3, 0.4) is 0 Å². The number of aromatic nitrogens is 1. The topological polar surface area (TPSA) is 22.0 Å². The largest absolute Gasteiger partial charge is 0.308 e. The van der Waals surface area contributed by atoms with Crippen LogP contribution < -0.4 is 5.56 Å². The van der Waals surface area contributed by atoms with Gasteiger partial charge in [0, 0.05) is 12.6 Å². The maximum Gasteiger partial charge on any atom is 0.251 e. The summed E-state index contributed by atoms with van der Waals surface area (Å²) in [7, 11) is 0. The standard InChI is InChI=1S/C14H15NO/c1-11(2)9-10-15-13-6-4-3-5-12(13)7-8-14(15)16/h3-8H,1,9-10H2,2H3. The lowest BCUT2D eigenvalue weighted by atomic mass is 10.2. The SMILES string of the molecule is C=C(C)CCn1c(=O)ccc2ccccc21. The molecule has 0 aliphatic carbocycles. The van der Waals surface area contributed by atoms with Crippen molar-refractivity contribution >= 4 is 10.9 Å². The first-order valence-corrected chi connectivity index (χ1v) is 5.41. The molecule has 0 aliphatic rings. The molecule has 0 spiro atoms. The molecule has 0 atom stereocenters. The fraction of sp³-hybridized carbons (Fsp3) is 0.214. The van der Waals surface area contributed by atoms with E-state index in [0.29, 0.717) is 6.54 Å². The maximum atomic E-state index is 11.8. The minimum Gasteiger partial charge on any atom is -0.308 e. The molecule has 0 amide bonds. The lowest BCUT2D eigenvalue weighted by Crippen LogP contribution is -2.19. The molecule has 0 bridgehead atoms. The highest BCUT2D eigenvalue weighted by Crippen LogP contribution is 2.12. The average molecular weight is 213 g/mol. The summed E-state index contributed by atoms with van der Waals surface area (Å²) in [5.41, 5.74) is 2.15. The summed E-state index contributed by atoms with van der Waals surface area (Å²) in [4.78, 5) is 11.8. The molecule has 2 rings (SSSR count). The predicted molar refractivity (Wildman–Crippen MR) is 67.6 cm³/mol. The Bertz CT molecular complexity index is 581. The summed E-state index contributed by atoms with van der Waals surface area (Å²) in [5.74, 6) is 0. The second-order valence-corrected chi connectivity index (χ2v) is 4.09. The Balaban J connectivity index is 2.53. The van der Waals surface area contributed by atoms with Gasteiger partial charge < -0.3 is 4.57 Å². The quantitative estimate of drug-likeness (QED) is 0.718. The van der Waals surface area contributed by atoms with Gasteiger partial charge in [0.15, 0.2) is 0 Å². The van der Waals surface area contributed by atoms with Gasteiger partial charge in [-0.05, 0) is 30.9 Å². The molecule has 0 aliphatic heterocycles. The van der Waals surface area contributed by atoms with Crippen molar-refractivity contribution in [3.8, 4) is 0 Å². The summed E-state index contributed by atoms with van der Waals surface area (Å²) in [5, 5.41) is 1.10. The van der Waals surface area contributed by atoms with Crippen molar-refractivity contribution in [3.63, 3.8) is 0 Å². The van der Waals surface area contributed by atoms with E-state index in [0.717, 1.165) is 22.9 Å². The molecule has 2 heteroatoms. The number of pyridine rings is 1. The third kappa shape index (κ3) is 2.06. The third-order valence-corrected chi connectivity index (χ3v) is 2.66. The summed E-state index contributed by atoms with van der Waals surface area (Å²) in [6.07, 6.45) is 0.841. The van der Waals surface area contributed by atoms with Crippen molar-refractivity contribution < 1.29 is 0 Å². The number of hydrogen-bond donors (Lipinski definition) is 0. The van der Waals surface area contributed by atoms with Crippen molar-refractivity contribution in [2.75, 3.05) is 0 Å². The van der Waals surface area contributed by atoms with Gasteiger partial charge in [-0.1, -0.05) is 23.8 Å². The van der Waals surface area contributed by atoms with E-state index in [-0.39, 0.29) is 5.56 Å². The Morgan fingerprint density at radius 3 is 2.75 bits per heavy atom. The molecule has 1 aromatic heterocycles. The molecule has 1 aromatic carbocycles. The van der Waals surface area contributed by atoms with Gasteiger partial charge in [0.1, 0.15) is 0 Å². The van der Waals surface area contributed by atoms with Crippen LogP contribution in [0.15, 0.2) is 53.3 Å². The number of benzene rings is 1. The zero-order valence-corrected chi connectivity index (χ0v) is 9.44. The van der Waals surface area contributed by atoms with Crippen LogP contribution in [-0.4, -0.2) is 4.57 Å². The van der Waals surface area contributed by atoms with Gasteiger partial charge in [0.05, 0.1) is 5.52 Å². The molecule has 0 unspecified atom stereocenters. The number of rotatable bonds is 3. The molecule has 16 heavy (non-hydrogen) atoms. The Hall–Kier alpha value is -1.83. The Morgan fingerprint density at radius 1 is 1.25 bits per heavy atom. The molecule has 82 valence electrons. The number of aryl methyl sites for hydroxylation is 1. The van der Waals surface area contributed by atoms with Crippen LogP contribution in [0.5, 0.6) is 0 Å². The van der Waals surface area contributed by atoms with Crippen molar-refractivity contribution in [3.05, 3.63) is 58.9 Å². The number of fused-ring (bicyclic) bond motifs is 1. The van der Waals surface area contributed by atoms with Gasteiger partial charge in [-0.25, -0.2) is 0 Å². The Kier molecular flexibility index (Phi) is 2.91. The van der Waals surface area contributed by atoms with Crippen molar-refractivity contribution in [1.29, 1.82) is 0 Å². The molecule has 0 saturated heterocycles. The fourth-order valence-corrected chi connectivity index (χ4v) is 1.78. The lowest BCUT2D eigenvalue weighted by molar-refractivity contribution is 0.692. The van der Waals surface area contributed by atoms with Gasteiger partial charge in [-0.15, -0.1) is 6.58 Å². The highest BCUT2D eigenvalue weighted by molar-refractivity contribution is 5.78. The highest BCUT2D eigenvalue weighted by atomic mass is 16.1. The van der Waals surface area contributed by atoms with Gasteiger partial charge >= 0.3 is 0 Å². The fourth-order valence-electron chi connectivity index (χ4n) is 1.78. The third-order valence-electron chi connectivity index (χ3n) is 2.66. The van der Waals surface area contributed by atoms with E-state index >= 15 is 0 Å². The molecule has 0 N–H and O–H groups in total. The van der Waals surface area contributed by atoms with Crippen LogP contribution >= 0.6 is 0 Å². The molecule has 2 nitrogen and oxygen atoms in total. The Morgan fingerprint density at radius 2 is 2.00 bits per heavy atom. The molecule has 0 fully saturated rings. The first kappa shape index (κ1) is 10.7. The van der Waals surface area contributed by atoms with Crippen LogP contribution in [-0.2, 0) is 6.54 Å². The van der Waals surface area contributed by atoms with Crippen LogP contribution in [0.4, 0.5) is 0 Å². The van der Waals surface area contributed by atoms with Crippen LogP contribution in [0, 0.1) is 0 Å².